The van der Waals surface area contributed by atoms with Crippen LogP contribution in [-0.2, 0) is 26.6 Å². The summed E-state index contributed by atoms with van der Waals surface area (Å²) in [5.74, 6) is -1.12. The summed E-state index contributed by atoms with van der Waals surface area (Å²) < 4.78 is 38.6. The van der Waals surface area contributed by atoms with Crippen LogP contribution in [0.1, 0.15) is 12.8 Å². The fourth-order valence-corrected chi connectivity index (χ4v) is 4.76. The van der Waals surface area contributed by atoms with Crippen LogP contribution in [0.2, 0.25) is 0 Å². The van der Waals surface area contributed by atoms with Crippen molar-refractivity contribution in [3.05, 3.63) is 28.7 Å². The van der Waals surface area contributed by atoms with Crippen LogP contribution in [-0.4, -0.2) is 56.5 Å². The highest BCUT2D eigenvalue weighted by atomic mass is 32.2. The molecule has 0 bridgehead atoms. The van der Waals surface area contributed by atoms with Gasteiger partial charge in [0.25, 0.3) is 0 Å². The van der Waals surface area contributed by atoms with E-state index in [1.54, 1.807) is 20.2 Å². The lowest BCUT2D eigenvalue weighted by Crippen LogP contribution is -2.45. The average molecular weight is 397 g/mol. The summed E-state index contributed by atoms with van der Waals surface area (Å²) in [5.41, 5.74) is 0.738. The molecule has 2 aromatic rings. The number of hydrogen-bond acceptors (Lipinski definition) is 6. The summed E-state index contributed by atoms with van der Waals surface area (Å²) in [5, 5.41) is 2.76. The van der Waals surface area contributed by atoms with Crippen LogP contribution < -0.4 is 11.1 Å². The van der Waals surface area contributed by atoms with Crippen LogP contribution >= 0.6 is 0 Å². The molecule has 0 saturated carbocycles. The van der Waals surface area contributed by atoms with Gasteiger partial charge < -0.3 is 14.5 Å². The van der Waals surface area contributed by atoms with E-state index in [0.29, 0.717) is 38.1 Å². The monoisotopic (exact) mass is 397 g/mol. The number of ether oxygens (including phenoxy) is 1. The van der Waals surface area contributed by atoms with Crippen molar-refractivity contribution in [2.24, 2.45) is 13.0 Å². The first-order chi connectivity index (χ1) is 12.8. The molecule has 1 fully saturated rings. The second-order valence-corrected chi connectivity index (χ2v) is 8.48. The van der Waals surface area contributed by atoms with E-state index in [0.717, 1.165) is 0 Å². The Bertz CT molecular complexity index is 994. The van der Waals surface area contributed by atoms with E-state index in [9.17, 15) is 18.0 Å². The van der Waals surface area contributed by atoms with Gasteiger partial charge >= 0.3 is 5.76 Å². The van der Waals surface area contributed by atoms with Crippen molar-refractivity contribution in [3.63, 3.8) is 0 Å². The van der Waals surface area contributed by atoms with Gasteiger partial charge in [-0.2, -0.15) is 4.31 Å². The summed E-state index contributed by atoms with van der Waals surface area (Å²) in [7, 11) is -0.688. The largest absolute Gasteiger partial charge is 0.419 e. The molecule has 2 heterocycles. The Kier molecular flexibility index (Phi) is 5.68. The third-order valence-corrected chi connectivity index (χ3v) is 6.62. The number of nitrogens with zero attached hydrogens (tertiary/aromatic N) is 2. The first-order valence-electron chi connectivity index (χ1n) is 8.71. The van der Waals surface area contributed by atoms with Gasteiger partial charge in [-0.1, -0.05) is 0 Å². The van der Waals surface area contributed by atoms with Crippen molar-refractivity contribution in [1.82, 2.24) is 14.2 Å². The molecule has 1 atom stereocenters. The third kappa shape index (κ3) is 3.92. The zero-order valence-corrected chi connectivity index (χ0v) is 16.1. The highest BCUT2D eigenvalue weighted by Gasteiger charge is 2.33. The molecular formula is C17H23N3O6S. The number of carbonyl (C=O) groups is 1. The Labute approximate surface area is 156 Å². The van der Waals surface area contributed by atoms with E-state index in [1.807, 2.05) is 0 Å². The maximum atomic E-state index is 13.0. The molecular weight excluding hydrogens is 374 g/mol. The SMILES string of the molecule is COCCNC(=O)[C@H]1CCCN(S(=O)(=O)c2ccc3c(c2)oc(=O)n3C)C1. The van der Waals surface area contributed by atoms with E-state index in [-0.39, 0.29) is 22.9 Å². The van der Waals surface area contributed by atoms with Gasteiger partial charge in [-0.25, -0.2) is 13.2 Å². The second kappa shape index (κ2) is 7.83. The van der Waals surface area contributed by atoms with Crippen molar-refractivity contribution in [2.75, 3.05) is 33.4 Å². The average Bonchev–Trinajstić information content (AvgIpc) is 2.95. The van der Waals surface area contributed by atoms with Crippen molar-refractivity contribution < 1.29 is 22.4 Å². The molecule has 0 radical (unpaired) electrons. The number of oxazole rings is 1. The number of hydrogen-bond donors (Lipinski definition) is 1. The molecule has 9 nitrogen and oxygen atoms in total. The lowest BCUT2D eigenvalue weighted by atomic mass is 9.99. The molecule has 1 N–H and O–H groups in total. The molecule has 27 heavy (non-hydrogen) atoms. The van der Waals surface area contributed by atoms with Crippen molar-refractivity contribution in [2.45, 2.75) is 17.7 Å². The minimum absolute atomic E-state index is 0.0461. The standard InChI is InChI=1S/C17H23N3O6S/c1-19-14-6-5-13(10-15(14)26-17(19)22)27(23,24)20-8-3-4-12(11-20)16(21)18-7-9-25-2/h5-6,10,12H,3-4,7-9,11H2,1-2H3,(H,18,21)/t12-/m0/s1. The summed E-state index contributed by atoms with van der Waals surface area (Å²) in [6.07, 6.45) is 1.24. The normalized spacial score (nSPS) is 18.7. The molecule has 1 aliphatic heterocycles. The van der Waals surface area contributed by atoms with Crippen molar-refractivity contribution >= 4 is 27.0 Å². The maximum Gasteiger partial charge on any atom is 0.419 e. The van der Waals surface area contributed by atoms with Crippen LogP contribution in [0.15, 0.2) is 32.3 Å². The minimum atomic E-state index is -3.79. The van der Waals surface area contributed by atoms with Gasteiger partial charge in [-0.15, -0.1) is 0 Å². The second-order valence-electron chi connectivity index (χ2n) is 6.54. The van der Waals surface area contributed by atoms with Gasteiger partial charge in [0.15, 0.2) is 5.58 Å². The number of sulfonamides is 1. The van der Waals surface area contributed by atoms with Crippen LogP contribution in [0, 0.1) is 5.92 Å². The topological polar surface area (TPSA) is 111 Å². The number of nitrogens with one attached hydrogen (secondary N) is 1. The highest BCUT2D eigenvalue weighted by molar-refractivity contribution is 7.89. The molecule has 1 amide bonds. The summed E-state index contributed by atoms with van der Waals surface area (Å²) in [4.78, 5) is 23.9. The number of rotatable bonds is 6. The summed E-state index contributed by atoms with van der Waals surface area (Å²) >= 11 is 0. The van der Waals surface area contributed by atoms with E-state index in [4.69, 9.17) is 9.15 Å². The molecule has 1 aromatic heterocycles. The zero-order valence-electron chi connectivity index (χ0n) is 15.3. The highest BCUT2D eigenvalue weighted by Crippen LogP contribution is 2.26. The number of benzene rings is 1. The van der Waals surface area contributed by atoms with Gasteiger partial charge in [0, 0.05) is 39.9 Å². The predicted molar refractivity (Wildman–Crippen MR) is 97.8 cm³/mol. The number of aromatic nitrogens is 1. The quantitative estimate of drug-likeness (QED) is 0.702. The zero-order chi connectivity index (χ0) is 19.6. The first kappa shape index (κ1) is 19.6. The fourth-order valence-electron chi connectivity index (χ4n) is 3.22. The van der Waals surface area contributed by atoms with Crippen LogP contribution in [0.25, 0.3) is 11.1 Å². The van der Waals surface area contributed by atoms with E-state index >= 15 is 0 Å². The Morgan fingerprint density at radius 1 is 1.41 bits per heavy atom. The van der Waals surface area contributed by atoms with E-state index < -0.39 is 21.7 Å². The molecule has 148 valence electrons. The molecule has 1 aromatic carbocycles. The fraction of sp³-hybridized carbons (Fsp3) is 0.529. The Morgan fingerprint density at radius 3 is 2.93 bits per heavy atom. The van der Waals surface area contributed by atoms with Gasteiger partial charge in [0.05, 0.1) is 22.9 Å². The number of aryl methyl sites for hydroxylation is 1. The molecule has 0 aliphatic carbocycles. The summed E-state index contributed by atoms with van der Waals surface area (Å²) in [6, 6.07) is 4.36. The molecule has 10 heteroatoms. The van der Waals surface area contributed by atoms with Gasteiger partial charge in [0.1, 0.15) is 0 Å². The lowest BCUT2D eigenvalue weighted by Gasteiger charge is -2.31. The number of piperidine rings is 1. The molecule has 3 rings (SSSR count). The number of amides is 1. The molecule has 1 saturated heterocycles. The Balaban J connectivity index is 1.79. The number of methoxy groups -OCH3 is 1. The van der Waals surface area contributed by atoms with Crippen LogP contribution in [0.5, 0.6) is 0 Å². The first-order valence-corrected chi connectivity index (χ1v) is 10.1. The van der Waals surface area contributed by atoms with E-state index in [2.05, 4.69) is 5.32 Å². The smallest absolute Gasteiger partial charge is 0.408 e. The Hall–Kier alpha value is -2.17. The third-order valence-electron chi connectivity index (χ3n) is 4.76. The lowest BCUT2D eigenvalue weighted by molar-refractivity contribution is -0.126. The van der Waals surface area contributed by atoms with E-state index in [1.165, 1.54) is 21.0 Å². The number of carbonyl (C=O) groups excluding carboxylic acids is 1. The minimum Gasteiger partial charge on any atom is -0.408 e. The number of fused-ring (bicyclic) bond motifs is 1. The van der Waals surface area contributed by atoms with Crippen LogP contribution in [0.3, 0.4) is 0 Å². The van der Waals surface area contributed by atoms with Crippen molar-refractivity contribution in [1.29, 1.82) is 0 Å². The van der Waals surface area contributed by atoms with Gasteiger partial charge in [0.2, 0.25) is 15.9 Å². The summed E-state index contributed by atoms with van der Waals surface area (Å²) in [6.45, 7) is 1.27. The van der Waals surface area contributed by atoms with Gasteiger partial charge in [-0.3, -0.25) is 9.36 Å². The Morgan fingerprint density at radius 2 is 2.19 bits per heavy atom. The van der Waals surface area contributed by atoms with Gasteiger partial charge in [-0.05, 0) is 25.0 Å². The molecule has 0 spiro atoms. The molecule has 0 unspecified atom stereocenters. The molecule has 1 aliphatic rings. The van der Waals surface area contributed by atoms with Crippen molar-refractivity contribution in [3.8, 4) is 0 Å². The maximum absolute atomic E-state index is 13.0. The van der Waals surface area contributed by atoms with Crippen LogP contribution in [0.4, 0.5) is 0 Å². The predicted octanol–water partition coefficient (Wildman–Crippen LogP) is 0.295.